The maximum Gasteiger partial charge on any atom is 0.123 e. The number of aromatic nitrogens is 1. The van der Waals surface area contributed by atoms with E-state index >= 15 is 0 Å². The number of hydrogen-bond donors (Lipinski definition) is 1. The molecule has 0 saturated carbocycles. The minimum atomic E-state index is 0.0536. The summed E-state index contributed by atoms with van der Waals surface area (Å²) in [6, 6.07) is 7.89. The van der Waals surface area contributed by atoms with E-state index in [1.165, 1.54) is 11.3 Å². The Balaban J connectivity index is 2.22. The first-order valence-electron chi connectivity index (χ1n) is 5.94. The molecule has 1 heterocycles. The molecule has 1 aromatic heterocycles. The molecule has 1 N–H and O–H groups in total. The lowest BCUT2D eigenvalue weighted by molar-refractivity contribution is 0.242. The summed E-state index contributed by atoms with van der Waals surface area (Å²) in [5, 5.41) is 10.1. The van der Waals surface area contributed by atoms with Crippen LogP contribution in [0.3, 0.4) is 0 Å². The van der Waals surface area contributed by atoms with E-state index in [4.69, 9.17) is 4.74 Å². The molecule has 96 valence electrons. The summed E-state index contributed by atoms with van der Waals surface area (Å²) >= 11 is 1.53. The fourth-order valence-electron chi connectivity index (χ4n) is 1.65. The van der Waals surface area contributed by atoms with Gasteiger partial charge in [-0.1, -0.05) is 0 Å². The third kappa shape index (κ3) is 2.89. The minimum Gasteiger partial charge on any atom is -0.491 e. The SMILES string of the molecule is Cc1nc(-c2ccc(OC(C)C)cc2)sc1CO. The number of aryl methyl sites for hydroxylation is 1. The van der Waals surface area contributed by atoms with Gasteiger partial charge in [-0.3, -0.25) is 0 Å². The molecule has 0 amide bonds. The Kier molecular flexibility index (Phi) is 3.99. The molecule has 0 spiro atoms. The van der Waals surface area contributed by atoms with Gasteiger partial charge in [0.15, 0.2) is 0 Å². The Bertz CT molecular complexity index is 517. The fourth-order valence-corrected chi connectivity index (χ4v) is 2.57. The Labute approximate surface area is 111 Å². The Morgan fingerprint density at radius 3 is 2.44 bits per heavy atom. The van der Waals surface area contributed by atoms with Gasteiger partial charge >= 0.3 is 0 Å². The van der Waals surface area contributed by atoms with E-state index in [0.717, 1.165) is 26.9 Å². The summed E-state index contributed by atoms with van der Waals surface area (Å²) in [4.78, 5) is 5.38. The van der Waals surface area contributed by atoms with Crippen molar-refractivity contribution >= 4 is 11.3 Å². The van der Waals surface area contributed by atoms with Gasteiger partial charge in [-0.2, -0.15) is 0 Å². The lowest BCUT2D eigenvalue weighted by Crippen LogP contribution is -2.05. The van der Waals surface area contributed by atoms with Crippen molar-refractivity contribution in [1.29, 1.82) is 0 Å². The number of benzene rings is 1. The molecule has 3 nitrogen and oxygen atoms in total. The number of hydrogen-bond acceptors (Lipinski definition) is 4. The standard InChI is InChI=1S/C14H17NO2S/c1-9(2)17-12-6-4-11(5-7-12)14-15-10(3)13(8-16)18-14/h4-7,9,16H,8H2,1-3H3. The van der Waals surface area contributed by atoms with Gasteiger partial charge in [0.05, 0.1) is 23.3 Å². The third-order valence-electron chi connectivity index (χ3n) is 2.51. The van der Waals surface area contributed by atoms with E-state index in [1.54, 1.807) is 0 Å². The summed E-state index contributed by atoms with van der Waals surface area (Å²) < 4.78 is 5.60. The number of ether oxygens (including phenoxy) is 1. The topological polar surface area (TPSA) is 42.4 Å². The van der Waals surface area contributed by atoms with Crippen LogP contribution in [0.4, 0.5) is 0 Å². The lowest BCUT2D eigenvalue weighted by atomic mass is 10.2. The first-order valence-corrected chi connectivity index (χ1v) is 6.76. The van der Waals surface area contributed by atoms with Crippen molar-refractivity contribution in [1.82, 2.24) is 4.98 Å². The van der Waals surface area contributed by atoms with Crippen LogP contribution >= 0.6 is 11.3 Å². The molecule has 0 saturated heterocycles. The maximum absolute atomic E-state index is 9.17. The molecule has 2 aromatic rings. The summed E-state index contributed by atoms with van der Waals surface area (Å²) in [5.74, 6) is 0.865. The van der Waals surface area contributed by atoms with Crippen LogP contribution in [-0.4, -0.2) is 16.2 Å². The van der Waals surface area contributed by atoms with Crippen LogP contribution < -0.4 is 4.74 Å². The zero-order valence-electron chi connectivity index (χ0n) is 10.8. The smallest absolute Gasteiger partial charge is 0.123 e. The molecule has 2 rings (SSSR count). The van der Waals surface area contributed by atoms with Crippen molar-refractivity contribution in [2.24, 2.45) is 0 Å². The van der Waals surface area contributed by atoms with Gasteiger partial charge in [0, 0.05) is 5.56 Å². The van der Waals surface area contributed by atoms with Gasteiger partial charge in [-0.25, -0.2) is 4.98 Å². The molecular formula is C14H17NO2S. The van der Waals surface area contributed by atoms with Crippen LogP contribution in [0, 0.1) is 6.92 Å². The Morgan fingerprint density at radius 1 is 1.28 bits per heavy atom. The molecule has 0 unspecified atom stereocenters. The van der Waals surface area contributed by atoms with E-state index in [9.17, 15) is 5.11 Å². The predicted octanol–water partition coefficient (Wildman–Crippen LogP) is 3.40. The number of aliphatic hydroxyl groups excluding tert-OH is 1. The number of thiazole rings is 1. The van der Waals surface area contributed by atoms with Gasteiger partial charge in [0.2, 0.25) is 0 Å². The molecule has 0 aliphatic heterocycles. The number of rotatable bonds is 4. The molecule has 0 aliphatic rings. The molecule has 4 heteroatoms. The first kappa shape index (κ1) is 13.1. The highest BCUT2D eigenvalue weighted by Crippen LogP contribution is 2.29. The van der Waals surface area contributed by atoms with Gasteiger partial charge in [-0.05, 0) is 45.0 Å². The first-order chi connectivity index (χ1) is 8.60. The van der Waals surface area contributed by atoms with Gasteiger partial charge in [0.1, 0.15) is 10.8 Å². The Hall–Kier alpha value is -1.39. The predicted molar refractivity (Wildman–Crippen MR) is 74.0 cm³/mol. The van der Waals surface area contributed by atoms with E-state index in [1.807, 2.05) is 45.0 Å². The van der Waals surface area contributed by atoms with Crippen molar-refractivity contribution in [3.8, 4) is 16.3 Å². The molecule has 0 atom stereocenters. The summed E-state index contributed by atoms with van der Waals surface area (Å²) in [6.45, 7) is 5.98. The van der Waals surface area contributed by atoms with Crippen molar-refractivity contribution in [3.63, 3.8) is 0 Å². The van der Waals surface area contributed by atoms with E-state index in [0.29, 0.717) is 0 Å². The third-order valence-corrected chi connectivity index (χ3v) is 3.70. The number of aliphatic hydroxyl groups is 1. The van der Waals surface area contributed by atoms with Crippen LogP contribution in [0.15, 0.2) is 24.3 Å². The quantitative estimate of drug-likeness (QED) is 0.919. The largest absolute Gasteiger partial charge is 0.491 e. The maximum atomic E-state index is 9.17. The second-order valence-electron chi connectivity index (χ2n) is 4.38. The molecule has 18 heavy (non-hydrogen) atoms. The van der Waals surface area contributed by atoms with Gasteiger partial charge < -0.3 is 9.84 Å². The fraction of sp³-hybridized carbons (Fsp3) is 0.357. The zero-order valence-corrected chi connectivity index (χ0v) is 11.6. The van der Waals surface area contributed by atoms with Crippen LogP contribution in [0.2, 0.25) is 0 Å². The molecule has 0 bridgehead atoms. The highest BCUT2D eigenvalue weighted by molar-refractivity contribution is 7.15. The highest BCUT2D eigenvalue weighted by Gasteiger charge is 2.08. The summed E-state index contributed by atoms with van der Waals surface area (Å²) in [6.07, 6.45) is 0.180. The van der Waals surface area contributed by atoms with E-state index in [-0.39, 0.29) is 12.7 Å². The Morgan fingerprint density at radius 2 is 1.94 bits per heavy atom. The normalized spacial score (nSPS) is 10.9. The average Bonchev–Trinajstić information content (AvgIpc) is 2.71. The highest BCUT2D eigenvalue weighted by atomic mass is 32.1. The van der Waals surface area contributed by atoms with Crippen LogP contribution in [0.1, 0.15) is 24.4 Å². The molecular weight excluding hydrogens is 246 g/mol. The van der Waals surface area contributed by atoms with Crippen molar-refractivity contribution in [2.45, 2.75) is 33.5 Å². The summed E-state index contributed by atoms with van der Waals surface area (Å²) in [7, 11) is 0. The van der Waals surface area contributed by atoms with Gasteiger partial charge in [-0.15, -0.1) is 11.3 Å². The van der Waals surface area contributed by atoms with Crippen molar-refractivity contribution in [2.75, 3.05) is 0 Å². The van der Waals surface area contributed by atoms with E-state index < -0.39 is 0 Å². The molecule has 0 aliphatic carbocycles. The van der Waals surface area contributed by atoms with Crippen molar-refractivity contribution in [3.05, 3.63) is 34.8 Å². The minimum absolute atomic E-state index is 0.0536. The van der Waals surface area contributed by atoms with Crippen LogP contribution in [0.5, 0.6) is 5.75 Å². The number of nitrogens with zero attached hydrogens (tertiary/aromatic N) is 1. The zero-order chi connectivity index (χ0) is 13.1. The molecule has 0 radical (unpaired) electrons. The summed E-state index contributed by atoms with van der Waals surface area (Å²) in [5.41, 5.74) is 1.96. The van der Waals surface area contributed by atoms with E-state index in [2.05, 4.69) is 4.98 Å². The molecule has 1 aromatic carbocycles. The monoisotopic (exact) mass is 263 g/mol. The van der Waals surface area contributed by atoms with Gasteiger partial charge in [0.25, 0.3) is 0 Å². The molecule has 0 fully saturated rings. The van der Waals surface area contributed by atoms with Crippen molar-refractivity contribution < 1.29 is 9.84 Å². The second-order valence-corrected chi connectivity index (χ2v) is 5.46. The van der Waals surface area contributed by atoms with Crippen LogP contribution in [-0.2, 0) is 6.61 Å². The average molecular weight is 263 g/mol. The van der Waals surface area contributed by atoms with Crippen LogP contribution in [0.25, 0.3) is 10.6 Å². The second kappa shape index (κ2) is 5.50. The lowest BCUT2D eigenvalue weighted by Gasteiger charge is -2.09.